The minimum absolute atomic E-state index is 0.246. The van der Waals surface area contributed by atoms with Crippen molar-refractivity contribution in [2.45, 2.75) is 51.9 Å². The van der Waals surface area contributed by atoms with Crippen LogP contribution in [0.4, 0.5) is 4.79 Å². The summed E-state index contributed by atoms with van der Waals surface area (Å²) in [4.78, 5) is 13.7. The van der Waals surface area contributed by atoms with Crippen molar-refractivity contribution in [1.82, 2.24) is 4.90 Å². The van der Waals surface area contributed by atoms with Gasteiger partial charge in [-0.3, -0.25) is 0 Å². The molecule has 0 bridgehead atoms. The van der Waals surface area contributed by atoms with E-state index in [0.717, 1.165) is 10.0 Å². The second-order valence-electron chi connectivity index (χ2n) is 7.05. The molecule has 7 heteroatoms. The van der Waals surface area contributed by atoms with Gasteiger partial charge in [-0.25, -0.2) is 4.79 Å². The van der Waals surface area contributed by atoms with Gasteiger partial charge in [0.05, 0.1) is 23.7 Å². The third-order valence-electron chi connectivity index (χ3n) is 3.52. The number of hydrogen-bond acceptors (Lipinski definition) is 4. The first kappa shape index (κ1) is 19.3. The van der Waals surface area contributed by atoms with E-state index in [2.05, 4.69) is 15.9 Å². The topological polar surface area (TPSA) is 59.0 Å². The predicted molar refractivity (Wildman–Crippen MR) is 96.7 cm³/mol. The summed E-state index contributed by atoms with van der Waals surface area (Å²) in [6.45, 7) is 7.95. The van der Waals surface area contributed by atoms with Crippen molar-refractivity contribution < 1.29 is 19.4 Å². The molecular formula is C17H23BrClNO4. The number of benzene rings is 1. The maximum Gasteiger partial charge on any atom is 0.410 e. The highest BCUT2D eigenvalue weighted by molar-refractivity contribution is 9.10. The van der Waals surface area contributed by atoms with Crippen LogP contribution in [0.1, 0.15) is 32.8 Å². The molecule has 24 heavy (non-hydrogen) atoms. The number of carbonyl (C=O) groups excluding carboxylic acids is 1. The van der Waals surface area contributed by atoms with Crippen LogP contribution in [-0.4, -0.2) is 47.0 Å². The molecule has 1 aromatic rings. The fourth-order valence-corrected chi connectivity index (χ4v) is 3.65. The molecule has 134 valence electrons. The number of β-amino-alcohol motifs (C(OH)–C–C–N with tert-alkyl or cyclic N) is 1. The van der Waals surface area contributed by atoms with Gasteiger partial charge in [-0.15, -0.1) is 0 Å². The number of likely N-dealkylation sites (tertiary alicyclic amines) is 1. The van der Waals surface area contributed by atoms with Crippen LogP contribution in [0.25, 0.3) is 0 Å². The molecule has 1 saturated heterocycles. The fraction of sp³-hybridized carbons (Fsp3) is 0.588. The van der Waals surface area contributed by atoms with Crippen LogP contribution in [0.15, 0.2) is 16.6 Å². The van der Waals surface area contributed by atoms with Gasteiger partial charge < -0.3 is 19.5 Å². The number of carbonyl (C=O) groups is 1. The third-order valence-corrected chi connectivity index (χ3v) is 4.33. The van der Waals surface area contributed by atoms with Crippen LogP contribution in [0.2, 0.25) is 5.02 Å². The first-order chi connectivity index (χ1) is 11.0. The van der Waals surface area contributed by atoms with E-state index in [1.54, 1.807) is 6.07 Å². The summed E-state index contributed by atoms with van der Waals surface area (Å²) < 4.78 is 12.2. The van der Waals surface area contributed by atoms with E-state index >= 15 is 0 Å². The number of nitrogens with zero attached hydrogens (tertiary/aromatic N) is 1. The normalized spacial score (nSPS) is 21.5. The Labute approximate surface area is 156 Å². The molecular weight excluding hydrogens is 398 g/mol. The molecule has 1 heterocycles. The first-order valence-corrected chi connectivity index (χ1v) is 9.00. The Balaban J connectivity index is 2.10. The quantitative estimate of drug-likeness (QED) is 0.780. The van der Waals surface area contributed by atoms with E-state index in [0.29, 0.717) is 23.7 Å². The summed E-state index contributed by atoms with van der Waals surface area (Å²) in [5, 5.41) is 10.7. The highest BCUT2D eigenvalue weighted by atomic mass is 79.9. The largest absolute Gasteiger partial charge is 0.487 e. The van der Waals surface area contributed by atoms with Gasteiger partial charge >= 0.3 is 6.09 Å². The van der Waals surface area contributed by atoms with Crippen LogP contribution in [0.5, 0.6) is 5.75 Å². The van der Waals surface area contributed by atoms with Gasteiger partial charge in [0.2, 0.25) is 0 Å². The average Bonchev–Trinajstić information content (AvgIpc) is 2.40. The van der Waals surface area contributed by atoms with Gasteiger partial charge in [0.1, 0.15) is 17.5 Å². The molecule has 1 fully saturated rings. The molecule has 1 aromatic carbocycles. The molecule has 0 unspecified atom stereocenters. The van der Waals surface area contributed by atoms with Crippen molar-refractivity contribution in [3.63, 3.8) is 0 Å². The second kappa shape index (κ2) is 7.50. The van der Waals surface area contributed by atoms with Gasteiger partial charge in [0.15, 0.2) is 0 Å². The predicted octanol–water partition coefficient (Wildman–Crippen LogP) is 4.16. The van der Waals surface area contributed by atoms with E-state index < -0.39 is 17.8 Å². The van der Waals surface area contributed by atoms with Crippen molar-refractivity contribution in [3.05, 3.63) is 27.2 Å². The highest BCUT2D eigenvalue weighted by Crippen LogP contribution is 2.34. The van der Waals surface area contributed by atoms with Crippen LogP contribution >= 0.6 is 27.5 Å². The zero-order valence-corrected chi connectivity index (χ0v) is 16.6. The number of piperidine rings is 1. The molecule has 0 aliphatic carbocycles. The van der Waals surface area contributed by atoms with E-state index in [-0.39, 0.29) is 12.6 Å². The SMILES string of the molecule is Cc1cc(Cl)cc(Br)c1O[C@H]1C[C@@H](O)CN(C(=O)OC(C)(C)C)C1. The second-order valence-corrected chi connectivity index (χ2v) is 8.34. The van der Waals surface area contributed by atoms with Gasteiger partial charge in [0.25, 0.3) is 0 Å². The van der Waals surface area contributed by atoms with Crippen molar-refractivity contribution in [2.24, 2.45) is 0 Å². The number of aryl methyl sites for hydroxylation is 1. The van der Waals surface area contributed by atoms with Gasteiger partial charge in [0, 0.05) is 11.4 Å². The lowest BCUT2D eigenvalue weighted by atomic mass is 10.1. The summed E-state index contributed by atoms with van der Waals surface area (Å²) in [7, 11) is 0. The summed E-state index contributed by atoms with van der Waals surface area (Å²) in [6, 6.07) is 3.57. The van der Waals surface area contributed by atoms with Crippen molar-refractivity contribution in [2.75, 3.05) is 13.1 Å². The maximum atomic E-state index is 12.2. The Morgan fingerprint density at radius 1 is 1.38 bits per heavy atom. The molecule has 2 atom stereocenters. The summed E-state index contributed by atoms with van der Waals surface area (Å²) in [5.74, 6) is 0.669. The lowest BCUT2D eigenvalue weighted by Gasteiger charge is -2.36. The monoisotopic (exact) mass is 419 g/mol. The standard InChI is InChI=1S/C17H23BrClNO4/c1-10-5-11(19)6-14(18)15(10)23-13-7-12(21)8-20(9-13)16(22)24-17(2,3)4/h5-6,12-13,21H,7-9H2,1-4H3/t12-,13+/m1/s1. The van der Waals surface area contributed by atoms with E-state index in [4.69, 9.17) is 21.1 Å². The summed E-state index contributed by atoms with van der Waals surface area (Å²) >= 11 is 9.47. The fourth-order valence-electron chi connectivity index (χ4n) is 2.59. The number of hydrogen-bond donors (Lipinski definition) is 1. The summed E-state index contributed by atoms with van der Waals surface area (Å²) in [6.07, 6.45) is -0.963. The number of rotatable bonds is 2. The Bertz CT molecular complexity index is 594. The Morgan fingerprint density at radius 2 is 2.04 bits per heavy atom. The van der Waals surface area contributed by atoms with Crippen LogP contribution in [0, 0.1) is 6.92 Å². The van der Waals surface area contributed by atoms with Crippen molar-refractivity contribution in [3.8, 4) is 5.75 Å². The number of amides is 1. The molecule has 0 radical (unpaired) electrons. The Morgan fingerprint density at radius 3 is 2.62 bits per heavy atom. The molecule has 1 aliphatic heterocycles. The van der Waals surface area contributed by atoms with Crippen LogP contribution in [0.3, 0.4) is 0 Å². The lowest BCUT2D eigenvalue weighted by molar-refractivity contribution is -0.0235. The molecule has 5 nitrogen and oxygen atoms in total. The molecule has 1 aliphatic rings. The molecule has 0 aromatic heterocycles. The van der Waals surface area contributed by atoms with E-state index in [1.165, 1.54) is 4.90 Å². The molecule has 1 amide bonds. The maximum absolute atomic E-state index is 12.2. The first-order valence-electron chi connectivity index (χ1n) is 7.83. The van der Waals surface area contributed by atoms with Gasteiger partial charge in [-0.05, 0) is 61.3 Å². The highest BCUT2D eigenvalue weighted by Gasteiger charge is 2.33. The van der Waals surface area contributed by atoms with Crippen LogP contribution < -0.4 is 4.74 Å². The van der Waals surface area contributed by atoms with Gasteiger partial charge in [-0.1, -0.05) is 11.6 Å². The van der Waals surface area contributed by atoms with Crippen LogP contribution in [-0.2, 0) is 4.74 Å². The van der Waals surface area contributed by atoms with E-state index in [9.17, 15) is 9.90 Å². The lowest BCUT2D eigenvalue weighted by Crippen LogP contribution is -2.51. The average molecular weight is 421 g/mol. The van der Waals surface area contributed by atoms with Crippen molar-refractivity contribution >= 4 is 33.6 Å². The minimum Gasteiger partial charge on any atom is -0.487 e. The zero-order valence-electron chi connectivity index (χ0n) is 14.3. The number of halogens is 2. The number of aliphatic hydroxyl groups is 1. The van der Waals surface area contributed by atoms with Gasteiger partial charge in [-0.2, -0.15) is 0 Å². The number of aliphatic hydroxyl groups excluding tert-OH is 1. The molecule has 0 saturated carbocycles. The smallest absolute Gasteiger partial charge is 0.410 e. The summed E-state index contributed by atoms with van der Waals surface area (Å²) in [5.41, 5.74) is 0.310. The third kappa shape index (κ3) is 5.26. The molecule has 0 spiro atoms. The van der Waals surface area contributed by atoms with Crippen molar-refractivity contribution in [1.29, 1.82) is 0 Å². The Hall–Kier alpha value is -0.980. The molecule has 1 N–H and O–H groups in total. The minimum atomic E-state index is -0.650. The Kier molecular flexibility index (Phi) is 6.04. The van der Waals surface area contributed by atoms with E-state index in [1.807, 2.05) is 33.8 Å². The number of ether oxygens (including phenoxy) is 2. The molecule has 2 rings (SSSR count). The zero-order chi connectivity index (χ0) is 18.1.